The van der Waals surface area contributed by atoms with Crippen LogP contribution in [0.4, 0.5) is 0 Å². The number of hydrogen-bond donors (Lipinski definition) is 0. The molecule has 1 aliphatic rings. The molecule has 0 atom stereocenters. The van der Waals surface area contributed by atoms with E-state index >= 15 is 0 Å². The third-order valence-electron chi connectivity index (χ3n) is 5.90. The number of rotatable bonds is 3. The molecule has 5 heteroatoms. The third-order valence-corrected chi connectivity index (χ3v) is 5.90. The van der Waals surface area contributed by atoms with E-state index < -0.39 is 0 Å². The molecule has 5 nitrogen and oxygen atoms in total. The molecular weight excluding hydrogens is 388 g/mol. The van der Waals surface area contributed by atoms with Gasteiger partial charge in [-0.1, -0.05) is 48.5 Å². The van der Waals surface area contributed by atoms with Gasteiger partial charge in [-0.15, -0.1) is 0 Å². The second kappa shape index (κ2) is 7.76. The highest BCUT2D eigenvalue weighted by Gasteiger charge is 2.24. The van der Waals surface area contributed by atoms with Gasteiger partial charge in [0.1, 0.15) is 5.75 Å². The lowest BCUT2D eigenvalue weighted by Gasteiger charge is -2.29. The maximum Gasteiger partial charge on any atom is 0.262 e. The van der Waals surface area contributed by atoms with Crippen LogP contribution in [-0.2, 0) is 13.0 Å². The second-order valence-corrected chi connectivity index (χ2v) is 7.71. The smallest absolute Gasteiger partial charge is 0.262 e. The molecule has 154 valence electrons. The van der Waals surface area contributed by atoms with Crippen molar-refractivity contribution in [2.75, 3.05) is 13.7 Å². The first-order chi connectivity index (χ1) is 15.2. The standard InChI is InChI=1S/C26H22N2O3/c1-31-21-10-6-9-20(15-21)28-17-24(22-11-4-5-12-23(22)26(28)30)25(29)27-14-13-18-7-2-3-8-19(18)16-27/h2-12,15,17H,13-14,16H2,1H3. The monoisotopic (exact) mass is 410 g/mol. The van der Waals surface area contributed by atoms with Crippen LogP contribution in [0, 0.1) is 0 Å². The fraction of sp³-hybridized carbons (Fsp3) is 0.154. The minimum Gasteiger partial charge on any atom is -0.497 e. The van der Waals surface area contributed by atoms with Crippen LogP contribution in [0.25, 0.3) is 16.5 Å². The van der Waals surface area contributed by atoms with Crippen LogP contribution in [0.2, 0.25) is 0 Å². The van der Waals surface area contributed by atoms with E-state index in [1.165, 1.54) is 15.7 Å². The van der Waals surface area contributed by atoms with Crippen LogP contribution in [0.5, 0.6) is 5.75 Å². The van der Waals surface area contributed by atoms with Crippen LogP contribution in [0.15, 0.2) is 83.8 Å². The van der Waals surface area contributed by atoms with Gasteiger partial charge in [-0.05, 0) is 35.7 Å². The Morgan fingerprint density at radius 1 is 0.903 bits per heavy atom. The fourth-order valence-electron chi connectivity index (χ4n) is 4.25. The Labute approximate surface area is 180 Å². The molecule has 4 aromatic rings. The molecule has 5 rings (SSSR count). The summed E-state index contributed by atoms with van der Waals surface area (Å²) < 4.78 is 6.86. The molecule has 0 saturated heterocycles. The van der Waals surface area contributed by atoms with E-state index in [2.05, 4.69) is 12.1 Å². The van der Waals surface area contributed by atoms with Crippen molar-refractivity contribution < 1.29 is 9.53 Å². The van der Waals surface area contributed by atoms with Crippen LogP contribution in [0.1, 0.15) is 21.5 Å². The summed E-state index contributed by atoms with van der Waals surface area (Å²) in [5.74, 6) is 0.584. The van der Waals surface area contributed by atoms with Crippen molar-refractivity contribution in [1.29, 1.82) is 0 Å². The second-order valence-electron chi connectivity index (χ2n) is 7.71. The number of nitrogens with zero attached hydrogens (tertiary/aromatic N) is 2. The summed E-state index contributed by atoms with van der Waals surface area (Å²) >= 11 is 0. The molecule has 0 saturated carbocycles. The summed E-state index contributed by atoms with van der Waals surface area (Å²) in [6.45, 7) is 1.23. The maximum atomic E-state index is 13.6. The van der Waals surface area contributed by atoms with Crippen molar-refractivity contribution in [3.63, 3.8) is 0 Å². The highest BCUT2D eigenvalue weighted by molar-refractivity contribution is 6.06. The lowest BCUT2D eigenvalue weighted by molar-refractivity contribution is 0.0736. The fourth-order valence-corrected chi connectivity index (χ4v) is 4.25. The lowest BCUT2D eigenvalue weighted by atomic mass is 9.98. The summed E-state index contributed by atoms with van der Waals surface area (Å²) in [6, 6.07) is 22.8. The predicted octanol–water partition coefficient (Wildman–Crippen LogP) is 4.20. The first-order valence-electron chi connectivity index (χ1n) is 10.3. The van der Waals surface area contributed by atoms with Gasteiger partial charge in [0.2, 0.25) is 0 Å². The van der Waals surface area contributed by atoms with Gasteiger partial charge in [0.15, 0.2) is 0 Å². The Kier molecular flexibility index (Phi) is 4.79. The molecule has 1 amide bonds. The van der Waals surface area contributed by atoms with Crippen molar-refractivity contribution in [1.82, 2.24) is 9.47 Å². The SMILES string of the molecule is COc1cccc(-n2cc(C(=O)N3CCc4ccccc4C3)c3ccccc3c2=O)c1. The van der Waals surface area contributed by atoms with Crippen LogP contribution in [-0.4, -0.2) is 29.0 Å². The maximum absolute atomic E-state index is 13.6. The molecule has 3 aromatic carbocycles. The average Bonchev–Trinajstić information content (AvgIpc) is 2.84. The minimum atomic E-state index is -0.163. The minimum absolute atomic E-state index is 0.0673. The summed E-state index contributed by atoms with van der Waals surface area (Å²) in [7, 11) is 1.59. The first-order valence-corrected chi connectivity index (χ1v) is 10.3. The quantitative estimate of drug-likeness (QED) is 0.509. The van der Waals surface area contributed by atoms with E-state index in [4.69, 9.17) is 4.74 Å². The molecule has 0 radical (unpaired) electrons. The Morgan fingerprint density at radius 2 is 1.65 bits per heavy atom. The van der Waals surface area contributed by atoms with E-state index in [1.807, 2.05) is 53.4 Å². The number of carbonyl (C=O) groups is 1. The summed E-state index contributed by atoms with van der Waals surface area (Å²) in [5.41, 5.74) is 3.49. The number of aromatic nitrogens is 1. The van der Waals surface area contributed by atoms with Gasteiger partial charge in [0.25, 0.3) is 11.5 Å². The normalized spacial score (nSPS) is 13.1. The Morgan fingerprint density at radius 3 is 2.45 bits per heavy atom. The molecule has 0 spiro atoms. The molecule has 0 bridgehead atoms. The topological polar surface area (TPSA) is 51.5 Å². The molecule has 1 aliphatic heterocycles. The van der Waals surface area contributed by atoms with Gasteiger partial charge >= 0.3 is 0 Å². The third kappa shape index (κ3) is 3.38. The molecule has 2 heterocycles. The van der Waals surface area contributed by atoms with Crippen molar-refractivity contribution in [2.45, 2.75) is 13.0 Å². The van der Waals surface area contributed by atoms with Gasteiger partial charge < -0.3 is 9.64 Å². The zero-order valence-electron chi connectivity index (χ0n) is 17.2. The van der Waals surface area contributed by atoms with E-state index in [1.54, 1.807) is 25.4 Å². The summed E-state index contributed by atoms with van der Waals surface area (Å²) in [5, 5.41) is 1.20. The van der Waals surface area contributed by atoms with Crippen LogP contribution < -0.4 is 10.3 Å². The number of hydrogen-bond acceptors (Lipinski definition) is 3. The zero-order valence-corrected chi connectivity index (χ0v) is 17.2. The zero-order chi connectivity index (χ0) is 21.4. The number of benzene rings is 3. The lowest BCUT2D eigenvalue weighted by Crippen LogP contribution is -2.36. The number of ether oxygens (including phenoxy) is 1. The van der Waals surface area contributed by atoms with Crippen molar-refractivity contribution in [2.24, 2.45) is 0 Å². The number of methoxy groups -OCH3 is 1. The van der Waals surface area contributed by atoms with Crippen molar-refractivity contribution >= 4 is 16.7 Å². The molecule has 0 aliphatic carbocycles. The van der Waals surface area contributed by atoms with Crippen LogP contribution >= 0.6 is 0 Å². The number of fused-ring (bicyclic) bond motifs is 2. The molecule has 0 N–H and O–H groups in total. The van der Waals surface area contributed by atoms with E-state index in [0.717, 1.165) is 6.42 Å². The highest BCUT2D eigenvalue weighted by Crippen LogP contribution is 2.24. The Bertz CT molecular complexity index is 1360. The van der Waals surface area contributed by atoms with Crippen LogP contribution in [0.3, 0.4) is 0 Å². The predicted molar refractivity (Wildman–Crippen MR) is 121 cm³/mol. The summed E-state index contributed by atoms with van der Waals surface area (Å²) in [6.07, 6.45) is 2.50. The average molecular weight is 410 g/mol. The van der Waals surface area contributed by atoms with Gasteiger partial charge in [-0.2, -0.15) is 0 Å². The molecule has 0 fully saturated rings. The van der Waals surface area contributed by atoms with Crippen molar-refractivity contribution in [3.05, 3.63) is 106 Å². The summed E-state index contributed by atoms with van der Waals surface area (Å²) in [4.78, 5) is 28.7. The molecule has 0 unspecified atom stereocenters. The van der Waals surface area contributed by atoms with Gasteiger partial charge in [0.05, 0.1) is 18.4 Å². The molecule has 1 aromatic heterocycles. The number of carbonyl (C=O) groups excluding carboxylic acids is 1. The number of pyridine rings is 1. The molecule has 31 heavy (non-hydrogen) atoms. The Hall–Kier alpha value is -3.86. The largest absolute Gasteiger partial charge is 0.497 e. The van der Waals surface area contributed by atoms with Gasteiger partial charge in [0, 0.05) is 36.1 Å². The Balaban J connectivity index is 1.64. The highest BCUT2D eigenvalue weighted by atomic mass is 16.5. The van der Waals surface area contributed by atoms with E-state index in [9.17, 15) is 9.59 Å². The van der Waals surface area contributed by atoms with Gasteiger partial charge in [-0.25, -0.2) is 0 Å². The van der Waals surface area contributed by atoms with Crippen molar-refractivity contribution in [3.8, 4) is 11.4 Å². The van der Waals surface area contributed by atoms with E-state index in [0.29, 0.717) is 40.9 Å². The first kappa shape index (κ1) is 19.1. The van der Waals surface area contributed by atoms with E-state index in [-0.39, 0.29) is 11.5 Å². The van der Waals surface area contributed by atoms with Gasteiger partial charge in [-0.3, -0.25) is 14.2 Å². The molecular formula is C26H22N2O3. The number of amides is 1.